The maximum atomic E-state index is 14.6. The van der Waals surface area contributed by atoms with Crippen LogP contribution < -0.4 is 5.32 Å². The first-order chi connectivity index (χ1) is 18.5. The molecule has 1 N–H and O–H groups in total. The van der Waals surface area contributed by atoms with Gasteiger partial charge in [0.15, 0.2) is 11.7 Å². The number of alkyl halides is 11. The molecule has 1 amide bonds. The molecular weight excluding hydrogens is 599 g/mol. The highest BCUT2D eigenvalue weighted by molar-refractivity contribution is 5.86. The second-order valence-corrected chi connectivity index (χ2v) is 8.11. The molecule has 41 heavy (non-hydrogen) atoms. The zero-order chi connectivity index (χ0) is 32.4. The number of hydrogen-bond donors (Lipinski definition) is 1. The van der Waals surface area contributed by atoms with Gasteiger partial charge in [-0.1, -0.05) is 20.1 Å². The SMILES string of the molecule is C=CC(=O)OCC(CC)(COC(=O)NCCOC(=O)C(=C)C)C(OC=C(C(F)(F)F)C(F)(F)F)C(F)(F)C(F)(F)F. The van der Waals surface area contributed by atoms with Crippen LogP contribution in [0.1, 0.15) is 20.3 Å². The van der Waals surface area contributed by atoms with Gasteiger partial charge in [0.2, 0.25) is 0 Å². The third-order valence-corrected chi connectivity index (χ3v) is 5.01. The molecule has 0 spiro atoms. The highest BCUT2D eigenvalue weighted by Gasteiger charge is 2.69. The lowest BCUT2D eigenvalue weighted by Crippen LogP contribution is -2.59. The van der Waals surface area contributed by atoms with E-state index in [4.69, 9.17) is 0 Å². The first-order valence-corrected chi connectivity index (χ1v) is 10.9. The van der Waals surface area contributed by atoms with E-state index in [1.165, 1.54) is 6.92 Å². The first kappa shape index (κ1) is 37.5. The van der Waals surface area contributed by atoms with E-state index in [1.807, 2.05) is 5.32 Å². The molecule has 8 nitrogen and oxygen atoms in total. The Hall–Kier alpha value is -3.54. The molecule has 2 atom stereocenters. The molecular formula is C22H24F11NO7. The fourth-order valence-electron chi connectivity index (χ4n) is 2.73. The smallest absolute Gasteiger partial charge is 0.457 e. The number of hydrogen-bond acceptors (Lipinski definition) is 7. The van der Waals surface area contributed by atoms with Crippen molar-refractivity contribution in [3.8, 4) is 0 Å². The molecule has 0 aliphatic heterocycles. The molecule has 0 rings (SSSR count). The van der Waals surface area contributed by atoms with Gasteiger partial charge in [0.25, 0.3) is 0 Å². The predicted octanol–water partition coefficient (Wildman–Crippen LogP) is 5.55. The number of allylic oxidation sites excluding steroid dienone is 1. The van der Waals surface area contributed by atoms with Crippen LogP contribution in [0.3, 0.4) is 0 Å². The zero-order valence-corrected chi connectivity index (χ0v) is 21.2. The molecule has 0 aliphatic carbocycles. The van der Waals surface area contributed by atoms with E-state index in [1.54, 1.807) is 0 Å². The second kappa shape index (κ2) is 14.4. The van der Waals surface area contributed by atoms with Gasteiger partial charge in [-0.2, -0.15) is 48.3 Å². The number of amides is 1. The predicted molar refractivity (Wildman–Crippen MR) is 115 cm³/mol. The van der Waals surface area contributed by atoms with Crippen molar-refractivity contribution in [3.63, 3.8) is 0 Å². The Balaban J connectivity index is 6.52. The van der Waals surface area contributed by atoms with Crippen LogP contribution in [0.15, 0.2) is 36.6 Å². The van der Waals surface area contributed by atoms with E-state index in [2.05, 4.69) is 32.1 Å². The van der Waals surface area contributed by atoms with Gasteiger partial charge < -0.3 is 24.3 Å². The molecule has 0 radical (unpaired) electrons. The summed E-state index contributed by atoms with van der Waals surface area (Å²) in [5.41, 5.74) is -6.72. The van der Waals surface area contributed by atoms with E-state index in [0.717, 1.165) is 6.92 Å². The van der Waals surface area contributed by atoms with Crippen LogP contribution in [0.5, 0.6) is 0 Å². The number of ether oxygens (including phenoxy) is 4. The first-order valence-electron chi connectivity index (χ1n) is 10.9. The largest absolute Gasteiger partial charge is 0.490 e. The van der Waals surface area contributed by atoms with E-state index in [-0.39, 0.29) is 5.57 Å². The van der Waals surface area contributed by atoms with Gasteiger partial charge in [-0.25, -0.2) is 14.4 Å². The minimum absolute atomic E-state index is 0.0285. The molecule has 236 valence electrons. The van der Waals surface area contributed by atoms with Gasteiger partial charge in [0.05, 0.1) is 12.0 Å². The molecule has 0 heterocycles. The van der Waals surface area contributed by atoms with Crippen molar-refractivity contribution in [3.05, 3.63) is 36.6 Å². The summed E-state index contributed by atoms with van der Waals surface area (Å²) in [5, 5.41) is 1.90. The Morgan fingerprint density at radius 1 is 0.878 bits per heavy atom. The van der Waals surface area contributed by atoms with Gasteiger partial charge in [0, 0.05) is 11.6 Å². The minimum Gasteiger partial charge on any atom is -0.490 e. The molecule has 0 bridgehead atoms. The molecule has 2 unspecified atom stereocenters. The van der Waals surface area contributed by atoms with Crippen LogP contribution in [0.25, 0.3) is 0 Å². The van der Waals surface area contributed by atoms with Gasteiger partial charge in [-0.3, -0.25) is 0 Å². The topological polar surface area (TPSA) is 100 Å². The van der Waals surface area contributed by atoms with Gasteiger partial charge >= 0.3 is 42.5 Å². The molecule has 0 fully saturated rings. The van der Waals surface area contributed by atoms with Crippen molar-refractivity contribution in [2.75, 3.05) is 26.4 Å². The summed E-state index contributed by atoms with van der Waals surface area (Å²) >= 11 is 0. The van der Waals surface area contributed by atoms with Crippen molar-refractivity contribution in [2.45, 2.75) is 50.8 Å². The number of esters is 2. The summed E-state index contributed by atoms with van der Waals surface area (Å²) in [6, 6.07) is 0. The molecule has 0 saturated carbocycles. The summed E-state index contributed by atoms with van der Waals surface area (Å²) in [6.45, 7) is 4.09. The summed E-state index contributed by atoms with van der Waals surface area (Å²) < 4.78 is 164. The number of nitrogens with one attached hydrogen (secondary N) is 1. The molecule has 0 aromatic heterocycles. The normalized spacial score (nSPS) is 14.6. The van der Waals surface area contributed by atoms with E-state index < -0.39 is 98.6 Å². The number of alkyl carbamates (subject to hydrolysis) is 1. The molecule has 19 heteroatoms. The monoisotopic (exact) mass is 623 g/mol. The van der Waals surface area contributed by atoms with Crippen molar-refractivity contribution in [1.29, 1.82) is 0 Å². The number of rotatable bonds is 14. The Morgan fingerprint density at radius 3 is 1.80 bits per heavy atom. The summed E-state index contributed by atoms with van der Waals surface area (Å²) in [4.78, 5) is 34.8. The Bertz CT molecular complexity index is 972. The lowest BCUT2D eigenvalue weighted by Gasteiger charge is -2.42. The maximum absolute atomic E-state index is 14.6. The van der Waals surface area contributed by atoms with Gasteiger partial charge in [0.1, 0.15) is 26.1 Å². The Kier molecular flexibility index (Phi) is 13.1. The maximum Gasteiger partial charge on any atom is 0.457 e. The number of carbonyl (C=O) groups excluding carboxylic acids is 3. The highest BCUT2D eigenvalue weighted by Crippen LogP contribution is 2.48. The van der Waals surface area contributed by atoms with Gasteiger partial charge in [-0.15, -0.1) is 0 Å². The third kappa shape index (κ3) is 11.1. The zero-order valence-electron chi connectivity index (χ0n) is 21.2. The highest BCUT2D eigenvalue weighted by atomic mass is 19.4. The van der Waals surface area contributed by atoms with Crippen LogP contribution >= 0.6 is 0 Å². The van der Waals surface area contributed by atoms with Crippen molar-refractivity contribution in [2.24, 2.45) is 5.41 Å². The Morgan fingerprint density at radius 2 is 1.39 bits per heavy atom. The van der Waals surface area contributed by atoms with Crippen molar-refractivity contribution < 1.29 is 81.6 Å². The number of halogens is 11. The van der Waals surface area contributed by atoms with E-state index in [0.29, 0.717) is 6.08 Å². The summed E-state index contributed by atoms with van der Waals surface area (Å²) in [7, 11) is 0. The molecule has 0 aromatic carbocycles. The van der Waals surface area contributed by atoms with E-state index in [9.17, 15) is 62.7 Å². The number of carbonyl (C=O) groups is 3. The average Bonchev–Trinajstić information content (AvgIpc) is 2.82. The van der Waals surface area contributed by atoms with Crippen molar-refractivity contribution >= 4 is 18.0 Å². The van der Waals surface area contributed by atoms with Crippen LogP contribution in [-0.4, -0.2) is 75.0 Å². The molecule has 0 aromatic rings. The minimum atomic E-state index is -6.64. The van der Waals surface area contributed by atoms with Gasteiger partial charge in [-0.05, 0) is 13.3 Å². The van der Waals surface area contributed by atoms with Crippen LogP contribution in [0.4, 0.5) is 53.1 Å². The lowest BCUT2D eigenvalue weighted by molar-refractivity contribution is -0.333. The lowest BCUT2D eigenvalue weighted by atomic mass is 9.77. The Labute approximate surface area is 225 Å². The fraction of sp³-hybridized carbons (Fsp3) is 0.591. The van der Waals surface area contributed by atoms with Crippen LogP contribution in [-0.2, 0) is 28.5 Å². The van der Waals surface area contributed by atoms with E-state index >= 15 is 0 Å². The summed E-state index contributed by atoms with van der Waals surface area (Å²) in [6.07, 6.45) is -26.8. The summed E-state index contributed by atoms with van der Waals surface area (Å²) in [5.74, 6) is -8.55. The molecule has 0 saturated heterocycles. The second-order valence-electron chi connectivity index (χ2n) is 8.11. The standard InChI is InChI=1S/C22H24F11NO7/c1-5-14(35)40-10-18(6-2,11-41-17(37)34-7-8-38-15(36)12(3)4)16(19(23,24)22(31,32)33)39-9-13(20(25,26)27)21(28,29)30/h5,9,16H,1,3,6-8,10-11H2,2,4H3,(H,34,37). The molecule has 0 aliphatic rings. The average molecular weight is 623 g/mol. The third-order valence-electron chi connectivity index (χ3n) is 5.01. The van der Waals surface area contributed by atoms with Crippen LogP contribution in [0.2, 0.25) is 0 Å². The fourth-order valence-corrected chi connectivity index (χ4v) is 2.73. The van der Waals surface area contributed by atoms with Crippen molar-refractivity contribution in [1.82, 2.24) is 5.32 Å². The quantitative estimate of drug-likeness (QED) is 0.0677. The van der Waals surface area contributed by atoms with Crippen LogP contribution in [0, 0.1) is 5.41 Å².